The Labute approximate surface area is 163 Å². The maximum Gasteiger partial charge on any atom is 0.299 e. The smallest absolute Gasteiger partial charge is 0.299 e. The number of nitrogen functional groups attached to an aromatic ring is 1. The normalized spacial score (nSPS) is 11.0. The summed E-state index contributed by atoms with van der Waals surface area (Å²) in [5.41, 5.74) is 4.79. The van der Waals surface area contributed by atoms with Crippen molar-refractivity contribution in [1.29, 1.82) is 0 Å². The number of carbonyl (C=O) groups excluding carboxylic acids is 1. The molecule has 0 spiro atoms. The van der Waals surface area contributed by atoms with E-state index in [2.05, 4.69) is 10.3 Å². The minimum atomic E-state index is -1.08. The number of anilines is 1. The first-order chi connectivity index (χ1) is 13.8. The molecule has 2 heterocycles. The van der Waals surface area contributed by atoms with Crippen LogP contribution in [-0.4, -0.2) is 32.5 Å². The Morgan fingerprint density at radius 2 is 2.03 bits per heavy atom. The van der Waals surface area contributed by atoms with Crippen molar-refractivity contribution in [3.8, 4) is 0 Å². The molecule has 1 amide bonds. The molecule has 0 radical (unpaired) electrons. The Balaban J connectivity index is 1.96. The number of benzene rings is 1. The Kier molecular flexibility index (Phi) is 5.74. The third-order valence-electron chi connectivity index (χ3n) is 4.39. The summed E-state index contributed by atoms with van der Waals surface area (Å²) in [6.45, 7) is -0.345. The summed E-state index contributed by atoms with van der Waals surface area (Å²) in [6.07, 6.45) is 2.39. The molecule has 0 aliphatic heterocycles. The van der Waals surface area contributed by atoms with Gasteiger partial charge in [0.15, 0.2) is 5.65 Å². The lowest BCUT2D eigenvalue weighted by atomic mass is 10.1. The van der Waals surface area contributed by atoms with Crippen molar-refractivity contribution in [1.82, 2.24) is 15.0 Å². The van der Waals surface area contributed by atoms with E-state index in [0.717, 1.165) is 12.1 Å². The fourth-order valence-corrected chi connectivity index (χ4v) is 2.89. The third-order valence-corrected chi connectivity index (χ3v) is 4.39. The quantitative estimate of drug-likeness (QED) is 0.459. The van der Waals surface area contributed by atoms with Crippen LogP contribution in [0.25, 0.3) is 11.0 Å². The number of aromatic nitrogens is 2. The van der Waals surface area contributed by atoms with Crippen LogP contribution in [0.2, 0.25) is 0 Å². The average molecular weight is 404 g/mol. The Bertz CT molecular complexity index is 1150. The van der Waals surface area contributed by atoms with Crippen molar-refractivity contribution >= 4 is 22.6 Å². The van der Waals surface area contributed by atoms with Gasteiger partial charge in [0, 0.05) is 36.4 Å². The highest BCUT2D eigenvalue weighted by Gasteiger charge is 2.22. The number of hydrogen-bond acceptors (Lipinski definition) is 6. The standard InChI is InChI=1S/C19H18F2N4O4/c20-12-4-3-11(14(21)7-12)9-24-18(27)15-16(22)13-6-10(2-1-5-26)8-23-17(13)25(29)19(15)28/h3-4,6-8,26,29H,1-2,5,9,22H2,(H,24,27). The van der Waals surface area contributed by atoms with Crippen LogP contribution in [0.4, 0.5) is 14.5 Å². The Morgan fingerprint density at radius 1 is 1.28 bits per heavy atom. The number of nitrogens with one attached hydrogen (secondary N) is 1. The van der Waals surface area contributed by atoms with Crippen LogP contribution >= 0.6 is 0 Å². The minimum Gasteiger partial charge on any atom is -0.423 e. The summed E-state index contributed by atoms with van der Waals surface area (Å²) in [5.74, 6) is -2.54. The summed E-state index contributed by atoms with van der Waals surface area (Å²) in [6, 6.07) is 4.44. The van der Waals surface area contributed by atoms with Gasteiger partial charge in [-0.2, -0.15) is 0 Å². The third kappa shape index (κ3) is 4.02. The number of nitrogens with two attached hydrogens (primary N) is 1. The van der Waals surface area contributed by atoms with Crippen molar-refractivity contribution < 1.29 is 23.9 Å². The van der Waals surface area contributed by atoms with Crippen molar-refractivity contribution in [2.75, 3.05) is 12.3 Å². The Morgan fingerprint density at radius 3 is 2.72 bits per heavy atom. The predicted molar refractivity (Wildman–Crippen MR) is 101 cm³/mol. The van der Waals surface area contributed by atoms with Gasteiger partial charge in [-0.15, -0.1) is 4.73 Å². The lowest BCUT2D eigenvalue weighted by Gasteiger charge is -2.12. The first kappa shape index (κ1) is 20.2. The fourth-order valence-electron chi connectivity index (χ4n) is 2.89. The lowest BCUT2D eigenvalue weighted by Crippen LogP contribution is -2.34. The number of rotatable bonds is 6. The number of carbonyl (C=O) groups is 1. The van der Waals surface area contributed by atoms with Gasteiger partial charge in [-0.25, -0.2) is 13.8 Å². The van der Waals surface area contributed by atoms with Crippen LogP contribution in [0.3, 0.4) is 0 Å². The van der Waals surface area contributed by atoms with Crippen LogP contribution < -0.4 is 16.6 Å². The van der Waals surface area contributed by atoms with Gasteiger partial charge in [-0.05, 0) is 30.5 Å². The van der Waals surface area contributed by atoms with E-state index in [9.17, 15) is 23.6 Å². The van der Waals surface area contributed by atoms with Gasteiger partial charge >= 0.3 is 0 Å². The first-order valence-corrected chi connectivity index (χ1v) is 8.68. The highest BCUT2D eigenvalue weighted by molar-refractivity contribution is 6.05. The second kappa shape index (κ2) is 8.23. The molecule has 0 atom stereocenters. The maximum absolute atomic E-state index is 13.7. The zero-order chi connectivity index (χ0) is 21.1. The molecule has 3 rings (SSSR count). The number of fused-ring (bicyclic) bond motifs is 1. The molecule has 0 bridgehead atoms. The molecule has 8 nitrogen and oxygen atoms in total. The average Bonchev–Trinajstić information content (AvgIpc) is 2.70. The van der Waals surface area contributed by atoms with E-state index >= 15 is 0 Å². The van der Waals surface area contributed by atoms with Gasteiger partial charge < -0.3 is 21.4 Å². The zero-order valence-electron chi connectivity index (χ0n) is 15.2. The van der Waals surface area contributed by atoms with Crippen LogP contribution in [0, 0.1) is 11.6 Å². The van der Waals surface area contributed by atoms with E-state index in [-0.39, 0.29) is 40.2 Å². The molecule has 3 aromatic rings. The molecule has 0 aliphatic rings. The number of halogens is 2. The van der Waals surface area contributed by atoms with Crippen molar-refractivity contribution in [3.05, 3.63) is 69.1 Å². The van der Waals surface area contributed by atoms with Crippen molar-refractivity contribution in [2.24, 2.45) is 0 Å². The number of pyridine rings is 2. The second-order valence-electron chi connectivity index (χ2n) is 6.37. The van der Waals surface area contributed by atoms with E-state index in [1.807, 2.05) is 0 Å². The maximum atomic E-state index is 13.7. The zero-order valence-corrected chi connectivity index (χ0v) is 15.2. The molecule has 10 heteroatoms. The van der Waals surface area contributed by atoms with Gasteiger partial charge in [0.05, 0.1) is 5.69 Å². The summed E-state index contributed by atoms with van der Waals surface area (Å²) >= 11 is 0. The van der Waals surface area contributed by atoms with Crippen LogP contribution in [0.15, 0.2) is 35.3 Å². The van der Waals surface area contributed by atoms with Crippen molar-refractivity contribution in [3.63, 3.8) is 0 Å². The molecule has 0 fully saturated rings. The highest BCUT2D eigenvalue weighted by Crippen LogP contribution is 2.22. The summed E-state index contributed by atoms with van der Waals surface area (Å²) in [7, 11) is 0. The van der Waals surface area contributed by atoms with Gasteiger partial charge in [0.1, 0.15) is 17.2 Å². The molecular formula is C19H18F2N4O4. The number of amides is 1. The number of aliphatic hydroxyl groups excluding tert-OH is 1. The fraction of sp³-hybridized carbons (Fsp3) is 0.211. The van der Waals surface area contributed by atoms with E-state index in [4.69, 9.17) is 10.8 Å². The number of nitrogens with zero attached hydrogens (tertiary/aromatic N) is 2. The molecule has 0 aliphatic carbocycles. The SMILES string of the molecule is Nc1c(C(=O)NCc2ccc(F)cc2F)c(=O)n(O)c2ncc(CCCO)cc12. The molecule has 0 saturated heterocycles. The van der Waals surface area contributed by atoms with Crippen LogP contribution in [0.1, 0.15) is 27.9 Å². The Hall–Kier alpha value is -3.53. The summed E-state index contributed by atoms with van der Waals surface area (Å²) in [5, 5.41) is 21.6. The monoisotopic (exact) mass is 404 g/mol. The molecule has 2 aromatic heterocycles. The largest absolute Gasteiger partial charge is 0.423 e. The van der Waals surface area contributed by atoms with Gasteiger partial charge in [-0.1, -0.05) is 6.07 Å². The first-order valence-electron chi connectivity index (χ1n) is 8.68. The molecule has 152 valence electrons. The molecule has 5 N–H and O–H groups in total. The summed E-state index contributed by atoms with van der Waals surface area (Å²) < 4.78 is 26.9. The van der Waals surface area contributed by atoms with E-state index < -0.39 is 28.7 Å². The van der Waals surface area contributed by atoms with Gasteiger partial charge in [0.25, 0.3) is 11.5 Å². The molecule has 29 heavy (non-hydrogen) atoms. The summed E-state index contributed by atoms with van der Waals surface area (Å²) in [4.78, 5) is 28.9. The number of aryl methyl sites for hydroxylation is 1. The predicted octanol–water partition coefficient (Wildman–Crippen LogP) is 1.35. The highest BCUT2D eigenvalue weighted by atomic mass is 19.1. The molecule has 0 saturated carbocycles. The van der Waals surface area contributed by atoms with Crippen molar-refractivity contribution in [2.45, 2.75) is 19.4 Å². The lowest BCUT2D eigenvalue weighted by molar-refractivity contribution is 0.0944. The molecule has 0 unspecified atom stereocenters. The minimum absolute atomic E-state index is 0.0105. The van der Waals surface area contributed by atoms with Gasteiger partial charge in [0.2, 0.25) is 0 Å². The van der Waals surface area contributed by atoms with Crippen LogP contribution in [-0.2, 0) is 13.0 Å². The van der Waals surface area contributed by atoms with E-state index in [0.29, 0.717) is 24.5 Å². The second-order valence-corrected chi connectivity index (χ2v) is 6.37. The van der Waals surface area contributed by atoms with E-state index in [1.165, 1.54) is 6.20 Å². The van der Waals surface area contributed by atoms with Crippen LogP contribution in [0.5, 0.6) is 0 Å². The number of hydrogen-bond donors (Lipinski definition) is 4. The number of aliphatic hydroxyl groups is 1. The van der Waals surface area contributed by atoms with Gasteiger partial charge in [-0.3, -0.25) is 9.59 Å². The molecule has 1 aromatic carbocycles. The molecular weight excluding hydrogens is 386 g/mol. The van der Waals surface area contributed by atoms with E-state index in [1.54, 1.807) is 6.07 Å². The topological polar surface area (TPSA) is 130 Å².